The molecule has 2 aromatic heterocycles. The van der Waals surface area contributed by atoms with Crippen molar-refractivity contribution in [2.75, 3.05) is 18.0 Å². The van der Waals surface area contributed by atoms with Crippen LogP contribution in [0.1, 0.15) is 46.8 Å². The molecule has 130 valence electrons. The van der Waals surface area contributed by atoms with Crippen LogP contribution in [-0.4, -0.2) is 45.0 Å². The van der Waals surface area contributed by atoms with Gasteiger partial charge in [-0.15, -0.1) is 0 Å². The van der Waals surface area contributed by atoms with E-state index in [4.69, 9.17) is 4.98 Å². The first-order valence-electron chi connectivity index (χ1n) is 8.89. The molecule has 0 spiro atoms. The summed E-state index contributed by atoms with van der Waals surface area (Å²) in [7, 11) is 0. The second-order valence-corrected chi connectivity index (χ2v) is 6.73. The maximum atomic E-state index is 12.4. The van der Waals surface area contributed by atoms with E-state index in [-0.39, 0.29) is 11.9 Å². The third kappa shape index (κ3) is 3.31. The summed E-state index contributed by atoms with van der Waals surface area (Å²) in [5, 5.41) is 3.10. The van der Waals surface area contributed by atoms with Crippen LogP contribution in [0.15, 0.2) is 18.6 Å². The summed E-state index contributed by atoms with van der Waals surface area (Å²) in [5.41, 5.74) is 2.91. The second kappa shape index (κ2) is 6.74. The van der Waals surface area contributed by atoms with Crippen molar-refractivity contribution in [2.45, 2.75) is 45.1 Å². The molecule has 2 aliphatic rings. The fraction of sp³-hybridized carbons (Fsp3) is 0.500. The molecule has 1 saturated heterocycles. The number of hydrogen-bond acceptors (Lipinski definition) is 6. The predicted molar refractivity (Wildman–Crippen MR) is 93.5 cm³/mol. The minimum atomic E-state index is -0.140. The lowest BCUT2D eigenvalue weighted by Crippen LogP contribution is -2.48. The molecule has 1 fully saturated rings. The molecule has 1 amide bonds. The van der Waals surface area contributed by atoms with Crippen molar-refractivity contribution >= 4 is 11.7 Å². The monoisotopic (exact) mass is 338 g/mol. The topological polar surface area (TPSA) is 83.9 Å². The zero-order valence-electron chi connectivity index (χ0n) is 14.4. The molecule has 25 heavy (non-hydrogen) atoms. The van der Waals surface area contributed by atoms with Crippen molar-refractivity contribution in [1.82, 2.24) is 25.3 Å². The molecular weight excluding hydrogens is 316 g/mol. The van der Waals surface area contributed by atoms with Gasteiger partial charge in [-0.1, -0.05) is 0 Å². The van der Waals surface area contributed by atoms with Gasteiger partial charge in [0.1, 0.15) is 23.7 Å². The minimum Gasteiger partial charge on any atom is -0.354 e. The fourth-order valence-electron chi connectivity index (χ4n) is 3.77. The van der Waals surface area contributed by atoms with Crippen LogP contribution in [0, 0.1) is 6.92 Å². The Morgan fingerprint density at radius 2 is 2.20 bits per heavy atom. The van der Waals surface area contributed by atoms with Crippen LogP contribution < -0.4 is 10.2 Å². The third-order valence-electron chi connectivity index (χ3n) is 4.89. The van der Waals surface area contributed by atoms with E-state index in [9.17, 15) is 4.79 Å². The van der Waals surface area contributed by atoms with Crippen molar-refractivity contribution in [3.05, 3.63) is 41.4 Å². The Hall–Kier alpha value is -2.57. The quantitative estimate of drug-likeness (QED) is 0.912. The molecule has 4 rings (SSSR count). The van der Waals surface area contributed by atoms with Gasteiger partial charge in [0, 0.05) is 36.6 Å². The van der Waals surface area contributed by atoms with Gasteiger partial charge in [0.25, 0.3) is 5.91 Å². The van der Waals surface area contributed by atoms with Gasteiger partial charge in [0.2, 0.25) is 0 Å². The Labute approximate surface area is 146 Å². The van der Waals surface area contributed by atoms with Gasteiger partial charge in [0.15, 0.2) is 0 Å². The van der Waals surface area contributed by atoms with Crippen LogP contribution in [-0.2, 0) is 12.8 Å². The van der Waals surface area contributed by atoms with Crippen LogP contribution in [0.25, 0.3) is 0 Å². The van der Waals surface area contributed by atoms with Crippen LogP contribution in [0.3, 0.4) is 0 Å². The molecule has 0 bridgehead atoms. The summed E-state index contributed by atoms with van der Waals surface area (Å²) in [6, 6.07) is 1.74. The van der Waals surface area contributed by atoms with E-state index >= 15 is 0 Å². The fourth-order valence-corrected chi connectivity index (χ4v) is 3.77. The number of amides is 1. The van der Waals surface area contributed by atoms with Gasteiger partial charge in [-0.05, 0) is 45.1 Å². The number of aromatic nitrogens is 4. The molecule has 7 heteroatoms. The van der Waals surface area contributed by atoms with Gasteiger partial charge >= 0.3 is 0 Å². The highest BCUT2D eigenvalue weighted by atomic mass is 16.1. The summed E-state index contributed by atoms with van der Waals surface area (Å²) in [5.74, 6) is 1.77. The maximum Gasteiger partial charge on any atom is 0.270 e. The number of aryl methyl sites for hydroxylation is 2. The Morgan fingerprint density at radius 3 is 3.04 bits per heavy atom. The summed E-state index contributed by atoms with van der Waals surface area (Å²) >= 11 is 0. The van der Waals surface area contributed by atoms with E-state index in [1.807, 2.05) is 6.92 Å². The lowest BCUT2D eigenvalue weighted by Gasteiger charge is -2.35. The number of nitrogens with zero attached hydrogens (tertiary/aromatic N) is 5. The lowest BCUT2D eigenvalue weighted by atomic mass is 10.0. The SMILES string of the molecule is Cc1nc2c(c(N3CCCC(NC(=O)c4ccncn4)C3)n1)CCC2. The van der Waals surface area contributed by atoms with Crippen LogP contribution in [0.5, 0.6) is 0 Å². The van der Waals surface area contributed by atoms with E-state index in [2.05, 4.69) is 25.2 Å². The third-order valence-corrected chi connectivity index (χ3v) is 4.89. The molecule has 7 nitrogen and oxygen atoms in total. The summed E-state index contributed by atoms with van der Waals surface area (Å²) in [6.45, 7) is 3.71. The molecule has 2 aromatic rings. The van der Waals surface area contributed by atoms with E-state index in [1.165, 1.54) is 17.6 Å². The number of rotatable bonds is 3. The van der Waals surface area contributed by atoms with Crippen molar-refractivity contribution < 1.29 is 4.79 Å². The predicted octanol–water partition coefficient (Wildman–Crippen LogP) is 1.46. The number of carbonyl (C=O) groups is 1. The molecule has 0 aromatic carbocycles. The highest BCUT2D eigenvalue weighted by Gasteiger charge is 2.27. The average Bonchev–Trinajstić information content (AvgIpc) is 3.10. The van der Waals surface area contributed by atoms with Gasteiger partial charge in [-0.2, -0.15) is 0 Å². The molecule has 1 atom stereocenters. The van der Waals surface area contributed by atoms with Crippen LogP contribution >= 0.6 is 0 Å². The van der Waals surface area contributed by atoms with E-state index in [0.29, 0.717) is 5.69 Å². The van der Waals surface area contributed by atoms with E-state index < -0.39 is 0 Å². The summed E-state index contributed by atoms with van der Waals surface area (Å²) in [6.07, 6.45) is 8.25. The molecule has 0 saturated carbocycles. The van der Waals surface area contributed by atoms with Crippen molar-refractivity contribution in [1.29, 1.82) is 0 Å². The lowest BCUT2D eigenvalue weighted by molar-refractivity contribution is 0.0928. The molecule has 1 aliphatic carbocycles. The van der Waals surface area contributed by atoms with Gasteiger partial charge in [-0.25, -0.2) is 19.9 Å². The highest BCUT2D eigenvalue weighted by Crippen LogP contribution is 2.30. The Bertz CT molecular complexity index is 779. The first kappa shape index (κ1) is 15.9. The van der Waals surface area contributed by atoms with Crippen molar-refractivity contribution in [3.63, 3.8) is 0 Å². The van der Waals surface area contributed by atoms with Gasteiger partial charge in [-0.3, -0.25) is 4.79 Å². The first-order valence-corrected chi connectivity index (χ1v) is 8.89. The Balaban J connectivity index is 1.50. The smallest absolute Gasteiger partial charge is 0.270 e. The van der Waals surface area contributed by atoms with E-state index in [0.717, 1.165) is 56.8 Å². The normalized spacial score (nSPS) is 19.6. The largest absolute Gasteiger partial charge is 0.354 e. The van der Waals surface area contributed by atoms with Crippen molar-refractivity contribution in [3.8, 4) is 0 Å². The zero-order chi connectivity index (χ0) is 17.2. The van der Waals surface area contributed by atoms with Gasteiger partial charge in [0.05, 0.1) is 0 Å². The number of carbonyl (C=O) groups excluding carboxylic acids is 1. The average molecular weight is 338 g/mol. The second-order valence-electron chi connectivity index (χ2n) is 6.73. The summed E-state index contributed by atoms with van der Waals surface area (Å²) < 4.78 is 0. The number of piperidine rings is 1. The molecule has 3 heterocycles. The number of hydrogen-bond donors (Lipinski definition) is 1. The Kier molecular flexibility index (Phi) is 4.29. The zero-order valence-corrected chi connectivity index (χ0v) is 14.4. The molecule has 1 N–H and O–H groups in total. The van der Waals surface area contributed by atoms with Gasteiger partial charge < -0.3 is 10.2 Å². The Morgan fingerprint density at radius 1 is 1.28 bits per heavy atom. The molecule has 1 aliphatic heterocycles. The molecular formula is C18H22N6O. The van der Waals surface area contributed by atoms with Crippen molar-refractivity contribution in [2.24, 2.45) is 0 Å². The summed E-state index contributed by atoms with van der Waals surface area (Å²) in [4.78, 5) is 31.9. The first-order chi connectivity index (χ1) is 12.2. The molecule has 0 radical (unpaired) electrons. The maximum absolute atomic E-state index is 12.4. The highest BCUT2D eigenvalue weighted by molar-refractivity contribution is 5.92. The minimum absolute atomic E-state index is 0.100. The molecule has 1 unspecified atom stereocenters. The number of nitrogens with one attached hydrogen (secondary N) is 1. The van der Waals surface area contributed by atoms with E-state index in [1.54, 1.807) is 12.3 Å². The number of anilines is 1. The standard InChI is InChI=1S/C18H22N6O/c1-12-21-15-6-2-5-14(15)17(22-12)24-9-3-4-13(10-24)23-18(25)16-7-8-19-11-20-16/h7-8,11,13H,2-6,9-10H2,1H3,(H,23,25). The van der Waals surface area contributed by atoms with Crippen LogP contribution in [0.4, 0.5) is 5.82 Å². The number of fused-ring (bicyclic) bond motifs is 1. The van der Waals surface area contributed by atoms with Crippen LogP contribution in [0.2, 0.25) is 0 Å².